The Morgan fingerprint density at radius 3 is 2.59 bits per heavy atom. The number of amides is 1. The molecule has 0 aliphatic carbocycles. The van der Waals surface area contributed by atoms with Gasteiger partial charge >= 0.3 is 0 Å². The number of nitrogens with zero attached hydrogens (tertiary/aromatic N) is 3. The summed E-state index contributed by atoms with van der Waals surface area (Å²) in [6, 6.07) is 8.14. The summed E-state index contributed by atoms with van der Waals surface area (Å²) in [7, 11) is 5.60. The van der Waals surface area contributed by atoms with Crippen LogP contribution in [0.3, 0.4) is 0 Å². The molecule has 27 heavy (non-hydrogen) atoms. The van der Waals surface area contributed by atoms with Crippen molar-refractivity contribution in [2.75, 3.05) is 20.6 Å². The number of carbonyl (C=O) groups excluding carboxylic acids is 1. The van der Waals surface area contributed by atoms with Crippen molar-refractivity contribution < 1.29 is 9.18 Å². The number of halogens is 2. The number of aliphatic imine (C=N–C) groups is 1. The lowest BCUT2D eigenvalue weighted by Crippen LogP contribution is -2.43. The molecule has 0 spiro atoms. The van der Waals surface area contributed by atoms with Crippen LogP contribution in [0.15, 0.2) is 46.0 Å². The summed E-state index contributed by atoms with van der Waals surface area (Å²) < 4.78 is 16.1. The molecule has 0 bridgehead atoms. The Hall–Kier alpha value is -2.35. The highest BCUT2D eigenvalue weighted by molar-refractivity contribution is 9.10. The van der Waals surface area contributed by atoms with Crippen LogP contribution in [0.5, 0.6) is 0 Å². The van der Waals surface area contributed by atoms with E-state index in [-0.39, 0.29) is 5.82 Å². The third kappa shape index (κ3) is 6.09. The third-order valence-corrected chi connectivity index (χ3v) is 4.79. The molecule has 1 amide bonds. The lowest BCUT2D eigenvalue weighted by molar-refractivity contribution is -0.121. The molecule has 0 fully saturated rings. The van der Waals surface area contributed by atoms with Gasteiger partial charge in [0, 0.05) is 44.1 Å². The maximum Gasteiger partial charge on any atom is 0.222 e. The predicted molar refractivity (Wildman–Crippen MR) is 109 cm³/mol. The molecule has 2 rings (SSSR count). The van der Waals surface area contributed by atoms with Gasteiger partial charge in [0.15, 0.2) is 5.96 Å². The molecule has 0 aliphatic heterocycles. The number of benzene rings is 1. The van der Waals surface area contributed by atoms with E-state index in [1.807, 2.05) is 35.8 Å². The molecule has 1 aromatic carbocycles. The molecule has 1 unspecified atom stereocenters. The molecule has 0 saturated heterocycles. The van der Waals surface area contributed by atoms with Crippen LogP contribution in [0.2, 0.25) is 0 Å². The standard InChI is InChI=1S/C19H25BrFN5O/c1-23-19(26(3)12-17-9-15(20)11-25(17)2)24-10-14(18(22)27)8-13-4-6-16(21)7-5-13/h4-7,9,11,14H,8,10,12H2,1-3H3,(H2,22,27)(H,23,24). The first-order valence-electron chi connectivity index (χ1n) is 8.56. The number of carbonyl (C=O) groups is 1. The second-order valence-corrected chi connectivity index (χ2v) is 7.39. The van der Waals surface area contributed by atoms with Crippen molar-refractivity contribution in [1.29, 1.82) is 0 Å². The zero-order valence-corrected chi connectivity index (χ0v) is 17.3. The summed E-state index contributed by atoms with van der Waals surface area (Å²) in [6.45, 7) is 1.00. The third-order valence-electron chi connectivity index (χ3n) is 4.35. The smallest absolute Gasteiger partial charge is 0.222 e. The van der Waals surface area contributed by atoms with E-state index >= 15 is 0 Å². The normalized spacial score (nSPS) is 12.7. The van der Waals surface area contributed by atoms with Crippen LogP contribution in [0.4, 0.5) is 4.39 Å². The zero-order valence-electron chi connectivity index (χ0n) is 15.7. The fourth-order valence-corrected chi connectivity index (χ4v) is 3.39. The van der Waals surface area contributed by atoms with Gasteiger partial charge in [-0.25, -0.2) is 4.39 Å². The maximum atomic E-state index is 13.1. The van der Waals surface area contributed by atoms with Crippen LogP contribution in [-0.4, -0.2) is 42.0 Å². The van der Waals surface area contributed by atoms with E-state index in [1.165, 1.54) is 12.1 Å². The molecule has 1 atom stereocenters. The molecular formula is C19H25BrFN5O. The lowest BCUT2D eigenvalue weighted by atomic mass is 9.98. The predicted octanol–water partition coefficient (Wildman–Crippen LogP) is 2.28. The Kier molecular flexibility index (Phi) is 7.41. The van der Waals surface area contributed by atoms with Crippen molar-refractivity contribution >= 4 is 27.8 Å². The molecule has 0 saturated carbocycles. The van der Waals surface area contributed by atoms with Crippen LogP contribution in [-0.2, 0) is 24.8 Å². The summed E-state index contributed by atoms with van der Waals surface area (Å²) in [6.07, 6.45) is 2.43. The van der Waals surface area contributed by atoms with E-state index in [1.54, 1.807) is 19.2 Å². The number of nitrogens with one attached hydrogen (secondary N) is 1. The monoisotopic (exact) mass is 437 g/mol. The molecule has 8 heteroatoms. The average Bonchev–Trinajstić information content (AvgIpc) is 2.93. The number of aryl methyl sites for hydroxylation is 1. The zero-order chi connectivity index (χ0) is 20.0. The fourth-order valence-electron chi connectivity index (χ4n) is 2.82. The van der Waals surface area contributed by atoms with E-state index in [0.717, 1.165) is 15.7 Å². The summed E-state index contributed by atoms with van der Waals surface area (Å²) in [5, 5.41) is 3.21. The van der Waals surface area contributed by atoms with E-state index in [9.17, 15) is 9.18 Å². The quantitative estimate of drug-likeness (QED) is 0.515. The van der Waals surface area contributed by atoms with E-state index in [0.29, 0.717) is 25.5 Å². The molecule has 0 radical (unpaired) electrons. The topological polar surface area (TPSA) is 75.6 Å². The van der Waals surface area contributed by atoms with Gasteiger partial charge in [-0.2, -0.15) is 0 Å². The van der Waals surface area contributed by atoms with E-state index < -0.39 is 11.8 Å². The Morgan fingerprint density at radius 2 is 2.07 bits per heavy atom. The minimum atomic E-state index is -0.426. The first kappa shape index (κ1) is 21.0. The van der Waals surface area contributed by atoms with Gasteiger partial charge in [0.1, 0.15) is 5.82 Å². The highest BCUT2D eigenvalue weighted by atomic mass is 79.9. The molecule has 1 heterocycles. The maximum absolute atomic E-state index is 13.1. The Balaban J connectivity index is 1.98. The number of hydrogen-bond donors (Lipinski definition) is 2. The Morgan fingerprint density at radius 1 is 1.41 bits per heavy atom. The second kappa shape index (κ2) is 9.55. The second-order valence-electron chi connectivity index (χ2n) is 6.47. The minimum Gasteiger partial charge on any atom is -0.369 e. The van der Waals surface area contributed by atoms with Gasteiger partial charge in [-0.3, -0.25) is 9.79 Å². The summed E-state index contributed by atoms with van der Waals surface area (Å²) in [5.74, 6) is -0.472. The van der Waals surface area contributed by atoms with Gasteiger partial charge in [0.2, 0.25) is 5.91 Å². The van der Waals surface area contributed by atoms with Crippen LogP contribution in [0.1, 0.15) is 11.3 Å². The first-order valence-corrected chi connectivity index (χ1v) is 9.35. The fraction of sp³-hybridized carbons (Fsp3) is 0.368. The van der Waals surface area contributed by atoms with Crippen LogP contribution < -0.4 is 11.1 Å². The van der Waals surface area contributed by atoms with Crippen molar-refractivity contribution in [2.24, 2.45) is 23.7 Å². The molecule has 1 aromatic heterocycles. The number of nitrogens with two attached hydrogens (primary N) is 1. The van der Waals surface area contributed by atoms with Gasteiger partial charge in [0.05, 0.1) is 12.5 Å². The van der Waals surface area contributed by atoms with Gasteiger partial charge in [-0.15, -0.1) is 0 Å². The van der Waals surface area contributed by atoms with Gasteiger partial charge in [-0.05, 0) is 46.1 Å². The van der Waals surface area contributed by atoms with Gasteiger partial charge in [0.25, 0.3) is 0 Å². The van der Waals surface area contributed by atoms with Crippen LogP contribution in [0, 0.1) is 11.7 Å². The van der Waals surface area contributed by atoms with Gasteiger partial charge < -0.3 is 20.5 Å². The number of guanidine groups is 1. The average molecular weight is 438 g/mol. The number of hydrogen-bond acceptors (Lipinski definition) is 2. The molecule has 146 valence electrons. The van der Waals surface area contributed by atoms with Crippen molar-refractivity contribution in [3.8, 4) is 0 Å². The molecule has 0 aliphatic rings. The van der Waals surface area contributed by atoms with Crippen molar-refractivity contribution in [3.05, 3.63) is 58.1 Å². The number of aromatic nitrogens is 1. The van der Waals surface area contributed by atoms with Crippen molar-refractivity contribution in [2.45, 2.75) is 13.0 Å². The van der Waals surface area contributed by atoms with E-state index in [2.05, 4.69) is 26.2 Å². The molecular weight excluding hydrogens is 413 g/mol. The number of primary amides is 1. The minimum absolute atomic E-state index is 0.304. The summed E-state index contributed by atoms with van der Waals surface area (Å²) in [5.41, 5.74) is 7.53. The summed E-state index contributed by atoms with van der Waals surface area (Å²) >= 11 is 3.47. The first-order chi connectivity index (χ1) is 12.8. The molecule has 2 aromatic rings. The SMILES string of the molecule is CN=C(NCC(Cc1ccc(F)cc1)C(N)=O)N(C)Cc1cc(Br)cn1C. The lowest BCUT2D eigenvalue weighted by Gasteiger charge is -2.24. The Labute approximate surface area is 167 Å². The molecule has 3 N–H and O–H groups in total. The van der Waals surface area contributed by atoms with Crippen molar-refractivity contribution in [1.82, 2.24) is 14.8 Å². The van der Waals surface area contributed by atoms with Crippen LogP contribution in [0.25, 0.3) is 0 Å². The van der Waals surface area contributed by atoms with Crippen molar-refractivity contribution in [3.63, 3.8) is 0 Å². The van der Waals surface area contributed by atoms with Gasteiger partial charge in [-0.1, -0.05) is 12.1 Å². The van der Waals surface area contributed by atoms with Crippen LogP contribution >= 0.6 is 15.9 Å². The Bertz CT molecular complexity index is 803. The summed E-state index contributed by atoms with van der Waals surface area (Å²) in [4.78, 5) is 18.1. The number of rotatable bonds is 7. The highest BCUT2D eigenvalue weighted by Gasteiger charge is 2.18. The van der Waals surface area contributed by atoms with E-state index in [4.69, 9.17) is 5.73 Å². The highest BCUT2D eigenvalue weighted by Crippen LogP contribution is 2.15. The molecule has 6 nitrogen and oxygen atoms in total. The largest absolute Gasteiger partial charge is 0.369 e.